The minimum atomic E-state index is 0.684. The first kappa shape index (κ1) is 45.8. The van der Waals surface area contributed by atoms with E-state index >= 15 is 0 Å². The van der Waals surface area contributed by atoms with Gasteiger partial charge in [-0.1, -0.05) is 102 Å². The Labute approximate surface area is 400 Å². The van der Waals surface area contributed by atoms with E-state index in [1.165, 1.54) is 0 Å². The SMILES string of the molecule is CCCCOc1ccc(-c2c3nc(c(-c4ccc(OCCCC)cc4)c4ccc([nH]4)c(-c4ccc(OCCCC)cc4)c4ccc([nH]4)c(-c4ccc(OCCCC)cc4)c4nc2C=C4)C=C3)cc1. The number of benzene rings is 4. The van der Waals surface area contributed by atoms with Gasteiger partial charge in [0.05, 0.1) is 49.2 Å². The number of nitrogens with one attached hydrogen (secondary N) is 2. The van der Waals surface area contributed by atoms with Crippen molar-refractivity contribution in [3.05, 3.63) is 144 Å². The van der Waals surface area contributed by atoms with Crippen molar-refractivity contribution in [2.75, 3.05) is 26.4 Å². The largest absolute Gasteiger partial charge is 0.494 e. The molecule has 2 N–H and O–H groups in total. The molecule has 8 nitrogen and oxygen atoms in total. The molecule has 8 heteroatoms. The van der Waals surface area contributed by atoms with Crippen molar-refractivity contribution in [3.8, 4) is 67.5 Å². The smallest absolute Gasteiger partial charge is 0.119 e. The number of rotatable bonds is 20. The second-order valence-electron chi connectivity index (χ2n) is 17.4. The zero-order chi connectivity index (χ0) is 46.7. The Kier molecular flexibility index (Phi) is 14.8. The van der Waals surface area contributed by atoms with Gasteiger partial charge in [-0.2, -0.15) is 0 Å². The summed E-state index contributed by atoms with van der Waals surface area (Å²) in [6, 6.07) is 42.3. The van der Waals surface area contributed by atoms with Crippen LogP contribution in [-0.2, 0) is 0 Å². The number of nitrogens with zero attached hydrogens (tertiary/aromatic N) is 2. The lowest BCUT2D eigenvalue weighted by atomic mass is 10.0. The minimum Gasteiger partial charge on any atom is -0.494 e. The number of aromatic nitrogens is 4. The molecule has 0 amide bonds. The second kappa shape index (κ2) is 22.0. The lowest BCUT2D eigenvalue weighted by Gasteiger charge is -2.10. The van der Waals surface area contributed by atoms with E-state index in [9.17, 15) is 0 Å². The first-order valence-corrected chi connectivity index (χ1v) is 24.6. The zero-order valence-corrected chi connectivity index (χ0v) is 39.9. The van der Waals surface area contributed by atoms with Gasteiger partial charge in [0, 0.05) is 44.3 Å². The molecule has 0 radical (unpaired) electrons. The number of ether oxygens (including phenoxy) is 4. The summed E-state index contributed by atoms with van der Waals surface area (Å²) < 4.78 is 24.5. The van der Waals surface area contributed by atoms with Gasteiger partial charge in [-0.3, -0.25) is 0 Å². The summed E-state index contributed by atoms with van der Waals surface area (Å²) in [5, 5.41) is 0. The van der Waals surface area contributed by atoms with Gasteiger partial charge in [0.25, 0.3) is 0 Å². The molecule has 8 bridgehead atoms. The topological polar surface area (TPSA) is 94.3 Å². The Morgan fingerprint density at radius 3 is 0.853 bits per heavy atom. The van der Waals surface area contributed by atoms with Crippen molar-refractivity contribution in [2.24, 2.45) is 0 Å². The Balaban J connectivity index is 1.31. The molecule has 3 aromatic heterocycles. The van der Waals surface area contributed by atoms with Crippen molar-refractivity contribution in [3.63, 3.8) is 0 Å². The van der Waals surface area contributed by atoms with Crippen LogP contribution in [0.5, 0.6) is 23.0 Å². The molecule has 7 aromatic rings. The predicted octanol–water partition coefficient (Wildman–Crippen LogP) is 16.0. The van der Waals surface area contributed by atoms with Crippen LogP contribution in [0.2, 0.25) is 0 Å². The molecule has 0 aliphatic carbocycles. The van der Waals surface area contributed by atoms with Crippen LogP contribution in [0.15, 0.2) is 121 Å². The summed E-state index contributed by atoms with van der Waals surface area (Å²) in [7, 11) is 0. The molecule has 0 spiro atoms. The van der Waals surface area contributed by atoms with Gasteiger partial charge in [0.1, 0.15) is 23.0 Å². The average Bonchev–Trinajstić information content (AvgIpc) is 4.23. The summed E-state index contributed by atoms with van der Waals surface area (Å²) in [5.74, 6) is 3.40. The van der Waals surface area contributed by atoms with E-state index in [0.717, 1.165) is 164 Å². The lowest BCUT2D eigenvalue weighted by molar-refractivity contribution is 0.309. The number of hydrogen-bond donors (Lipinski definition) is 2. The molecule has 4 aromatic carbocycles. The van der Waals surface area contributed by atoms with Crippen LogP contribution < -0.4 is 18.9 Å². The fraction of sp³-hybridized carbons (Fsp3) is 0.267. The summed E-state index contributed by atoms with van der Waals surface area (Å²) in [6.45, 7) is 11.5. The number of aromatic amines is 2. The highest BCUT2D eigenvalue weighted by Crippen LogP contribution is 2.39. The zero-order valence-electron chi connectivity index (χ0n) is 39.9. The third-order valence-electron chi connectivity index (χ3n) is 12.4. The number of H-pyrrole nitrogens is 2. The quantitative estimate of drug-likeness (QED) is 0.0740. The standard InChI is InChI=1S/C60H62N4O4/c1-5-9-37-65-45-21-13-41(14-22-45)57-49-29-31-51(61-49)58(42-15-23-46(24-16-42)66-38-10-6-2)53-33-35-55(63-53)60(44-19-27-48(28-20-44)68-40-12-8-4)56-36-34-54(64-56)59(52-32-30-50(57)62-52)43-17-25-47(26-18-43)67-39-11-7-3/h13-36,61-62H,5-12,37-40H2,1-4H3. The Morgan fingerprint density at radius 2 is 0.559 bits per heavy atom. The van der Waals surface area contributed by atoms with Crippen molar-refractivity contribution in [2.45, 2.75) is 79.1 Å². The maximum atomic E-state index is 6.12. The molecule has 346 valence electrons. The van der Waals surface area contributed by atoms with E-state index in [0.29, 0.717) is 26.4 Å². The monoisotopic (exact) mass is 902 g/mol. The maximum absolute atomic E-state index is 6.12. The highest BCUT2D eigenvalue weighted by atomic mass is 16.5. The highest BCUT2D eigenvalue weighted by Gasteiger charge is 2.20. The van der Waals surface area contributed by atoms with E-state index in [1.807, 2.05) is 0 Å². The molecule has 2 aliphatic heterocycles. The van der Waals surface area contributed by atoms with E-state index in [2.05, 4.69) is 183 Å². The highest BCUT2D eigenvalue weighted by molar-refractivity contribution is 6.00. The van der Waals surface area contributed by atoms with Crippen molar-refractivity contribution < 1.29 is 18.9 Å². The number of fused-ring (bicyclic) bond motifs is 8. The van der Waals surface area contributed by atoms with Gasteiger partial charge in [0.2, 0.25) is 0 Å². The molecule has 9 rings (SSSR count). The molecule has 0 saturated carbocycles. The minimum absolute atomic E-state index is 0.684. The van der Waals surface area contributed by atoms with Gasteiger partial charge in [-0.25, -0.2) is 9.97 Å². The molecular formula is C60H62N4O4. The second-order valence-corrected chi connectivity index (χ2v) is 17.4. The van der Waals surface area contributed by atoms with Crippen LogP contribution in [0.4, 0.5) is 0 Å². The van der Waals surface area contributed by atoms with Gasteiger partial charge in [-0.05, 0) is 145 Å². The van der Waals surface area contributed by atoms with Crippen LogP contribution >= 0.6 is 0 Å². The van der Waals surface area contributed by atoms with Gasteiger partial charge < -0.3 is 28.9 Å². The number of hydrogen-bond acceptors (Lipinski definition) is 6. The molecule has 2 aliphatic rings. The van der Waals surface area contributed by atoms with Gasteiger partial charge in [-0.15, -0.1) is 0 Å². The maximum Gasteiger partial charge on any atom is 0.119 e. The third kappa shape index (κ3) is 10.5. The van der Waals surface area contributed by atoms with Crippen LogP contribution in [-0.4, -0.2) is 46.4 Å². The van der Waals surface area contributed by atoms with Crippen LogP contribution in [0.1, 0.15) is 102 Å². The Bertz CT molecular complexity index is 2880. The Hall–Kier alpha value is -7.32. The molecule has 0 saturated heterocycles. The van der Waals surface area contributed by atoms with Gasteiger partial charge >= 0.3 is 0 Å². The molecular weight excluding hydrogens is 841 g/mol. The summed E-state index contributed by atoms with van der Waals surface area (Å²) >= 11 is 0. The normalized spacial score (nSPS) is 11.8. The van der Waals surface area contributed by atoms with E-state index in [1.54, 1.807) is 0 Å². The Morgan fingerprint density at radius 1 is 0.309 bits per heavy atom. The molecule has 0 fully saturated rings. The first-order chi connectivity index (χ1) is 33.5. The molecule has 0 unspecified atom stereocenters. The van der Waals surface area contributed by atoms with Crippen LogP contribution in [0, 0.1) is 0 Å². The van der Waals surface area contributed by atoms with Crippen LogP contribution in [0.25, 0.3) is 90.9 Å². The fourth-order valence-electron chi connectivity index (χ4n) is 8.63. The van der Waals surface area contributed by atoms with Crippen molar-refractivity contribution in [1.29, 1.82) is 0 Å². The third-order valence-corrected chi connectivity index (χ3v) is 12.4. The van der Waals surface area contributed by atoms with E-state index in [4.69, 9.17) is 28.9 Å². The van der Waals surface area contributed by atoms with E-state index < -0.39 is 0 Å². The van der Waals surface area contributed by atoms with Gasteiger partial charge in [0.15, 0.2) is 0 Å². The van der Waals surface area contributed by atoms with Crippen molar-refractivity contribution in [1.82, 2.24) is 19.9 Å². The fourth-order valence-corrected chi connectivity index (χ4v) is 8.63. The first-order valence-electron chi connectivity index (χ1n) is 24.6. The predicted molar refractivity (Wildman–Crippen MR) is 282 cm³/mol. The van der Waals surface area contributed by atoms with Crippen molar-refractivity contribution >= 4 is 46.4 Å². The van der Waals surface area contributed by atoms with Crippen LogP contribution in [0.3, 0.4) is 0 Å². The molecule has 68 heavy (non-hydrogen) atoms. The molecule has 0 atom stereocenters. The number of unbranched alkanes of at least 4 members (excludes halogenated alkanes) is 4. The summed E-state index contributed by atoms with van der Waals surface area (Å²) in [5.41, 5.74) is 15.1. The summed E-state index contributed by atoms with van der Waals surface area (Å²) in [6.07, 6.45) is 16.8. The summed E-state index contributed by atoms with van der Waals surface area (Å²) in [4.78, 5) is 18.8. The molecule has 5 heterocycles. The van der Waals surface area contributed by atoms with E-state index in [-0.39, 0.29) is 0 Å². The average molecular weight is 903 g/mol. The lowest BCUT2D eigenvalue weighted by Crippen LogP contribution is -1.96.